The third-order valence-corrected chi connectivity index (χ3v) is 5.38. The van der Waals surface area contributed by atoms with E-state index >= 15 is 0 Å². The van der Waals surface area contributed by atoms with Crippen molar-refractivity contribution in [2.24, 2.45) is 5.92 Å². The Hall–Kier alpha value is -2.08. The van der Waals surface area contributed by atoms with Gasteiger partial charge in [-0.1, -0.05) is 47.5 Å². The molecule has 2 aliphatic rings. The number of likely N-dealkylation sites (N-methyl/N-ethyl adjacent to an activating group) is 1. The summed E-state index contributed by atoms with van der Waals surface area (Å²) in [5, 5.41) is 2.56. The van der Waals surface area contributed by atoms with Crippen molar-refractivity contribution in [2.45, 2.75) is 19.1 Å². The zero-order valence-corrected chi connectivity index (χ0v) is 15.4. The van der Waals surface area contributed by atoms with Crippen LogP contribution in [0.5, 0.6) is 0 Å². The minimum Gasteiger partial charge on any atom is -0.280 e. The highest BCUT2D eigenvalue weighted by Gasteiger charge is 2.59. The molecule has 2 aliphatic heterocycles. The Morgan fingerprint density at radius 2 is 1.77 bits per heavy atom. The molecule has 0 spiro atoms. The molecule has 0 N–H and O–H groups in total. The number of para-hydroxylation sites is 1. The maximum atomic E-state index is 12.9. The summed E-state index contributed by atoms with van der Waals surface area (Å²) in [6, 6.07) is 14.0. The lowest BCUT2D eigenvalue weighted by Crippen LogP contribution is -2.37. The summed E-state index contributed by atoms with van der Waals surface area (Å²) in [7, 11) is 0. The second-order valence-electron chi connectivity index (χ2n) is 6.24. The van der Waals surface area contributed by atoms with E-state index in [0.717, 1.165) is 5.69 Å². The van der Waals surface area contributed by atoms with E-state index in [-0.39, 0.29) is 11.8 Å². The van der Waals surface area contributed by atoms with Crippen molar-refractivity contribution < 1.29 is 14.4 Å². The van der Waals surface area contributed by atoms with Crippen molar-refractivity contribution in [3.05, 3.63) is 64.1 Å². The molecule has 0 radical (unpaired) electrons. The number of nitrogens with zero attached hydrogens (tertiary/aromatic N) is 2. The van der Waals surface area contributed by atoms with Crippen LogP contribution in [0.2, 0.25) is 10.0 Å². The second-order valence-corrected chi connectivity index (χ2v) is 7.09. The van der Waals surface area contributed by atoms with Crippen LogP contribution in [0.1, 0.15) is 18.5 Å². The Morgan fingerprint density at radius 3 is 2.42 bits per heavy atom. The SMILES string of the molecule is CCN1C(=O)[C@H]2[C@@H](c3ccc(Cl)cc3Cl)N(c3ccccc3)O[C@H]2C1=O. The summed E-state index contributed by atoms with van der Waals surface area (Å²) >= 11 is 12.5. The first-order valence-corrected chi connectivity index (χ1v) is 9.09. The molecule has 0 aromatic heterocycles. The monoisotopic (exact) mass is 390 g/mol. The fourth-order valence-corrected chi connectivity index (χ4v) is 4.16. The number of imide groups is 1. The van der Waals surface area contributed by atoms with E-state index in [4.69, 9.17) is 28.0 Å². The van der Waals surface area contributed by atoms with Crippen molar-refractivity contribution in [2.75, 3.05) is 11.6 Å². The maximum absolute atomic E-state index is 12.9. The van der Waals surface area contributed by atoms with E-state index < -0.39 is 18.1 Å². The number of anilines is 1. The molecular formula is C19H16Cl2N2O3. The van der Waals surface area contributed by atoms with Gasteiger partial charge < -0.3 is 0 Å². The minimum absolute atomic E-state index is 0.239. The van der Waals surface area contributed by atoms with Crippen LogP contribution < -0.4 is 5.06 Å². The van der Waals surface area contributed by atoms with Gasteiger partial charge in [0.1, 0.15) is 5.92 Å². The zero-order valence-electron chi connectivity index (χ0n) is 13.9. The average molecular weight is 391 g/mol. The lowest BCUT2D eigenvalue weighted by molar-refractivity contribution is -0.142. The topological polar surface area (TPSA) is 49.9 Å². The normalized spacial score (nSPS) is 25.1. The molecule has 26 heavy (non-hydrogen) atoms. The molecule has 2 fully saturated rings. The largest absolute Gasteiger partial charge is 0.280 e. The minimum atomic E-state index is -0.848. The molecule has 0 unspecified atom stereocenters. The van der Waals surface area contributed by atoms with Gasteiger partial charge in [0.15, 0.2) is 6.10 Å². The number of halogens is 2. The zero-order chi connectivity index (χ0) is 18.4. The van der Waals surface area contributed by atoms with E-state index in [1.165, 1.54) is 4.90 Å². The molecule has 2 amide bonds. The Morgan fingerprint density at radius 1 is 1.04 bits per heavy atom. The number of rotatable bonds is 3. The van der Waals surface area contributed by atoms with Gasteiger partial charge in [0.05, 0.1) is 11.7 Å². The highest BCUT2D eigenvalue weighted by Crippen LogP contribution is 2.48. The Balaban J connectivity index is 1.84. The predicted molar refractivity (Wildman–Crippen MR) is 98.9 cm³/mol. The van der Waals surface area contributed by atoms with Gasteiger partial charge in [0, 0.05) is 16.6 Å². The van der Waals surface area contributed by atoms with E-state index in [9.17, 15) is 9.59 Å². The molecule has 2 heterocycles. The van der Waals surface area contributed by atoms with Crippen LogP contribution in [0.15, 0.2) is 48.5 Å². The van der Waals surface area contributed by atoms with Crippen molar-refractivity contribution in [1.82, 2.24) is 4.90 Å². The van der Waals surface area contributed by atoms with Crippen LogP contribution in [-0.4, -0.2) is 29.4 Å². The van der Waals surface area contributed by atoms with E-state index in [2.05, 4.69) is 0 Å². The number of hydroxylamine groups is 1. The first-order chi connectivity index (χ1) is 12.5. The summed E-state index contributed by atoms with van der Waals surface area (Å²) in [5.41, 5.74) is 1.45. The first-order valence-electron chi connectivity index (χ1n) is 8.34. The number of carbonyl (C=O) groups is 2. The third-order valence-electron chi connectivity index (χ3n) is 4.81. The molecule has 2 aromatic carbocycles. The lowest BCUT2D eigenvalue weighted by Gasteiger charge is -2.29. The van der Waals surface area contributed by atoms with Crippen molar-refractivity contribution in [3.8, 4) is 0 Å². The molecule has 5 nitrogen and oxygen atoms in total. The lowest BCUT2D eigenvalue weighted by atomic mass is 9.90. The summed E-state index contributed by atoms with van der Waals surface area (Å²) in [4.78, 5) is 32.7. The van der Waals surface area contributed by atoms with Gasteiger partial charge in [-0.15, -0.1) is 0 Å². The number of benzene rings is 2. The molecule has 2 saturated heterocycles. The Labute approximate surface area is 161 Å². The maximum Gasteiger partial charge on any atom is 0.261 e. The molecule has 0 bridgehead atoms. The molecule has 0 aliphatic carbocycles. The van der Waals surface area contributed by atoms with Crippen LogP contribution in [0.4, 0.5) is 5.69 Å². The second kappa shape index (κ2) is 6.58. The van der Waals surface area contributed by atoms with Gasteiger partial charge in [0.25, 0.3) is 5.91 Å². The number of hydrogen-bond donors (Lipinski definition) is 0. The van der Waals surface area contributed by atoms with Crippen LogP contribution in [0.25, 0.3) is 0 Å². The van der Waals surface area contributed by atoms with Crippen molar-refractivity contribution >= 4 is 40.7 Å². The number of carbonyl (C=O) groups excluding carboxylic acids is 2. The van der Waals surface area contributed by atoms with E-state index in [0.29, 0.717) is 22.2 Å². The summed E-state index contributed by atoms with van der Waals surface area (Å²) < 4.78 is 0. The summed E-state index contributed by atoms with van der Waals surface area (Å²) in [6.07, 6.45) is -0.848. The first kappa shape index (κ1) is 17.3. The number of hydrogen-bond acceptors (Lipinski definition) is 4. The average Bonchev–Trinajstić information content (AvgIpc) is 3.12. The fraction of sp³-hybridized carbons (Fsp3) is 0.263. The molecule has 134 valence electrons. The molecule has 0 saturated carbocycles. The van der Waals surface area contributed by atoms with Gasteiger partial charge in [-0.05, 0) is 36.8 Å². The molecule has 4 rings (SSSR count). The standard InChI is InChI=1S/C19H16Cl2N2O3/c1-2-22-18(24)15-16(13-9-8-11(20)10-14(13)21)23(26-17(15)19(22)25)12-6-4-3-5-7-12/h3-10,15-17H,2H2,1H3/t15-,16+,17+/m0/s1. The predicted octanol–water partition coefficient (Wildman–Crippen LogP) is 3.86. The van der Waals surface area contributed by atoms with Crippen molar-refractivity contribution in [3.63, 3.8) is 0 Å². The highest BCUT2D eigenvalue weighted by molar-refractivity contribution is 6.35. The van der Waals surface area contributed by atoms with E-state index in [1.54, 1.807) is 30.2 Å². The quantitative estimate of drug-likeness (QED) is 0.746. The van der Waals surface area contributed by atoms with Crippen LogP contribution in [0.3, 0.4) is 0 Å². The van der Waals surface area contributed by atoms with Gasteiger partial charge in [0.2, 0.25) is 5.91 Å². The highest BCUT2D eigenvalue weighted by atomic mass is 35.5. The Bertz CT molecular complexity index is 874. The summed E-state index contributed by atoms with van der Waals surface area (Å²) in [6.45, 7) is 2.09. The van der Waals surface area contributed by atoms with Gasteiger partial charge in [-0.3, -0.25) is 19.3 Å². The Kier molecular flexibility index (Phi) is 4.39. The molecule has 2 aromatic rings. The van der Waals surface area contributed by atoms with Gasteiger partial charge in [-0.2, -0.15) is 0 Å². The van der Waals surface area contributed by atoms with Crippen LogP contribution >= 0.6 is 23.2 Å². The number of amides is 2. The van der Waals surface area contributed by atoms with E-state index in [1.807, 2.05) is 30.3 Å². The van der Waals surface area contributed by atoms with Crippen molar-refractivity contribution in [1.29, 1.82) is 0 Å². The summed E-state index contributed by atoms with van der Waals surface area (Å²) in [5.74, 6) is -1.20. The number of likely N-dealkylation sites (tertiary alicyclic amines) is 1. The van der Waals surface area contributed by atoms with Gasteiger partial charge >= 0.3 is 0 Å². The van der Waals surface area contributed by atoms with Crippen LogP contribution in [0, 0.1) is 5.92 Å². The number of fused-ring (bicyclic) bond motifs is 1. The fourth-order valence-electron chi connectivity index (χ4n) is 3.64. The van der Waals surface area contributed by atoms with Crippen LogP contribution in [-0.2, 0) is 14.4 Å². The smallest absolute Gasteiger partial charge is 0.261 e. The molecular weight excluding hydrogens is 375 g/mol. The third kappa shape index (κ3) is 2.58. The van der Waals surface area contributed by atoms with Gasteiger partial charge in [-0.25, -0.2) is 5.06 Å². The molecule has 3 atom stereocenters. The molecule has 7 heteroatoms.